The summed E-state index contributed by atoms with van der Waals surface area (Å²) >= 11 is 0. The molecule has 0 saturated carbocycles. The van der Waals surface area contributed by atoms with Gasteiger partial charge in [0.1, 0.15) is 0 Å². The fraction of sp³-hybridized carbons (Fsp3) is 0.500. The van der Waals surface area contributed by atoms with Gasteiger partial charge in [-0.2, -0.15) is 0 Å². The number of para-hydroxylation sites is 1. The van der Waals surface area contributed by atoms with Gasteiger partial charge in [0, 0.05) is 31.9 Å². The molecule has 0 radical (unpaired) electrons. The van der Waals surface area contributed by atoms with E-state index in [2.05, 4.69) is 29.2 Å². The quantitative estimate of drug-likeness (QED) is 0.802. The highest BCUT2D eigenvalue weighted by molar-refractivity contribution is 5.56. The molecule has 0 bridgehead atoms. The van der Waals surface area contributed by atoms with Crippen LogP contribution >= 0.6 is 0 Å². The van der Waals surface area contributed by atoms with Crippen molar-refractivity contribution in [1.82, 2.24) is 0 Å². The zero-order chi connectivity index (χ0) is 10.7. The summed E-state index contributed by atoms with van der Waals surface area (Å²) in [4.78, 5) is 2.31. The van der Waals surface area contributed by atoms with Crippen molar-refractivity contribution in [2.75, 3.05) is 31.7 Å². The Morgan fingerprint density at radius 3 is 3.07 bits per heavy atom. The molecule has 1 atom stereocenters. The van der Waals surface area contributed by atoms with E-state index in [4.69, 9.17) is 10.5 Å². The highest BCUT2D eigenvalue weighted by atomic mass is 16.5. The summed E-state index contributed by atoms with van der Waals surface area (Å²) in [7, 11) is 1.73. The molecule has 0 spiro atoms. The summed E-state index contributed by atoms with van der Waals surface area (Å²) in [6.45, 7) is 2.60. The van der Waals surface area contributed by atoms with Crippen LogP contribution in [0.1, 0.15) is 5.56 Å². The van der Waals surface area contributed by atoms with Crippen molar-refractivity contribution in [2.45, 2.75) is 12.5 Å². The standard InChI is InChI=1S/C12H18N2O/c1-15-7-6-14-9-11(13)8-10-4-2-3-5-12(10)14/h2-5,11H,6-9,13H2,1H3. The normalized spacial score (nSPS) is 20.1. The number of rotatable bonds is 3. The summed E-state index contributed by atoms with van der Waals surface area (Å²) in [6, 6.07) is 8.73. The van der Waals surface area contributed by atoms with E-state index in [1.807, 2.05) is 0 Å². The molecule has 1 heterocycles. The molecule has 2 N–H and O–H groups in total. The van der Waals surface area contributed by atoms with Crippen LogP contribution < -0.4 is 10.6 Å². The topological polar surface area (TPSA) is 38.5 Å². The second-order valence-corrected chi connectivity index (χ2v) is 4.03. The average molecular weight is 206 g/mol. The third kappa shape index (κ3) is 2.30. The van der Waals surface area contributed by atoms with Gasteiger partial charge < -0.3 is 15.4 Å². The molecule has 82 valence electrons. The molecule has 2 rings (SSSR count). The predicted octanol–water partition coefficient (Wildman–Crippen LogP) is 1.02. The van der Waals surface area contributed by atoms with Crippen LogP contribution in [0.4, 0.5) is 5.69 Å². The Labute approximate surface area is 90.8 Å². The molecular weight excluding hydrogens is 188 g/mol. The third-order valence-electron chi connectivity index (χ3n) is 2.83. The maximum Gasteiger partial charge on any atom is 0.0637 e. The lowest BCUT2D eigenvalue weighted by atomic mass is 9.98. The van der Waals surface area contributed by atoms with Crippen LogP contribution in [-0.4, -0.2) is 32.8 Å². The number of hydrogen-bond acceptors (Lipinski definition) is 3. The van der Waals surface area contributed by atoms with Gasteiger partial charge in [0.25, 0.3) is 0 Å². The molecule has 1 aromatic carbocycles. The molecule has 1 aromatic rings. The lowest BCUT2D eigenvalue weighted by molar-refractivity contribution is 0.204. The largest absolute Gasteiger partial charge is 0.383 e. The number of nitrogens with two attached hydrogens (primary N) is 1. The van der Waals surface area contributed by atoms with Crippen LogP contribution in [-0.2, 0) is 11.2 Å². The van der Waals surface area contributed by atoms with Crippen molar-refractivity contribution >= 4 is 5.69 Å². The number of hydrogen-bond donors (Lipinski definition) is 1. The van der Waals surface area contributed by atoms with Gasteiger partial charge in [-0.1, -0.05) is 18.2 Å². The first-order valence-corrected chi connectivity index (χ1v) is 5.38. The van der Waals surface area contributed by atoms with Gasteiger partial charge in [0.05, 0.1) is 6.61 Å². The summed E-state index contributed by atoms with van der Waals surface area (Å²) < 4.78 is 5.11. The average Bonchev–Trinajstić information content (AvgIpc) is 2.25. The molecule has 3 nitrogen and oxygen atoms in total. The maximum absolute atomic E-state index is 6.03. The van der Waals surface area contributed by atoms with Gasteiger partial charge in [-0.3, -0.25) is 0 Å². The lowest BCUT2D eigenvalue weighted by Gasteiger charge is -2.34. The Morgan fingerprint density at radius 1 is 1.47 bits per heavy atom. The zero-order valence-electron chi connectivity index (χ0n) is 9.15. The van der Waals surface area contributed by atoms with Crippen molar-refractivity contribution in [2.24, 2.45) is 5.73 Å². The zero-order valence-corrected chi connectivity index (χ0v) is 9.15. The Bertz CT molecular complexity index is 327. The number of anilines is 1. The lowest BCUT2D eigenvalue weighted by Crippen LogP contribution is -2.44. The molecule has 0 fully saturated rings. The highest BCUT2D eigenvalue weighted by Crippen LogP contribution is 2.25. The number of nitrogens with zero attached hydrogens (tertiary/aromatic N) is 1. The Balaban J connectivity index is 2.18. The van der Waals surface area contributed by atoms with Crippen LogP contribution in [0.2, 0.25) is 0 Å². The fourth-order valence-electron chi connectivity index (χ4n) is 2.13. The smallest absolute Gasteiger partial charge is 0.0637 e. The van der Waals surface area contributed by atoms with Gasteiger partial charge >= 0.3 is 0 Å². The van der Waals surface area contributed by atoms with Crippen molar-refractivity contribution < 1.29 is 4.74 Å². The monoisotopic (exact) mass is 206 g/mol. The summed E-state index contributed by atoms with van der Waals surface area (Å²) in [5.74, 6) is 0. The van der Waals surface area contributed by atoms with Crippen molar-refractivity contribution in [3.8, 4) is 0 Å². The molecule has 1 unspecified atom stereocenters. The molecule has 0 aromatic heterocycles. The van der Waals surface area contributed by atoms with Gasteiger partial charge in [0.2, 0.25) is 0 Å². The van der Waals surface area contributed by atoms with Crippen LogP contribution in [0.15, 0.2) is 24.3 Å². The SMILES string of the molecule is COCCN1CC(N)Cc2ccccc21. The predicted molar refractivity (Wildman–Crippen MR) is 62.2 cm³/mol. The van der Waals surface area contributed by atoms with Crippen LogP contribution in [0, 0.1) is 0 Å². The van der Waals surface area contributed by atoms with Crippen molar-refractivity contribution in [3.05, 3.63) is 29.8 Å². The second kappa shape index (κ2) is 4.64. The third-order valence-corrected chi connectivity index (χ3v) is 2.83. The van der Waals surface area contributed by atoms with Crippen LogP contribution in [0.3, 0.4) is 0 Å². The van der Waals surface area contributed by atoms with Crippen molar-refractivity contribution in [3.63, 3.8) is 0 Å². The van der Waals surface area contributed by atoms with E-state index < -0.39 is 0 Å². The minimum atomic E-state index is 0.247. The molecule has 0 aliphatic carbocycles. The second-order valence-electron chi connectivity index (χ2n) is 4.03. The minimum Gasteiger partial charge on any atom is -0.383 e. The van der Waals surface area contributed by atoms with E-state index in [1.54, 1.807) is 7.11 Å². The van der Waals surface area contributed by atoms with E-state index in [1.165, 1.54) is 11.3 Å². The highest BCUT2D eigenvalue weighted by Gasteiger charge is 2.20. The molecule has 1 aliphatic heterocycles. The fourth-order valence-corrected chi connectivity index (χ4v) is 2.13. The number of fused-ring (bicyclic) bond motifs is 1. The molecule has 15 heavy (non-hydrogen) atoms. The summed E-state index contributed by atoms with van der Waals surface area (Å²) in [6.07, 6.45) is 0.986. The van der Waals surface area contributed by atoms with Crippen molar-refractivity contribution in [1.29, 1.82) is 0 Å². The maximum atomic E-state index is 6.03. The van der Waals surface area contributed by atoms with E-state index in [-0.39, 0.29) is 6.04 Å². The number of ether oxygens (including phenoxy) is 1. The van der Waals surface area contributed by atoms with Gasteiger partial charge in [-0.15, -0.1) is 0 Å². The molecule has 1 aliphatic rings. The van der Waals surface area contributed by atoms with Crippen LogP contribution in [0.25, 0.3) is 0 Å². The van der Waals surface area contributed by atoms with E-state index in [0.29, 0.717) is 0 Å². The molecular formula is C12H18N2O. The Hall–Kier alpha value is -1.06. The van der Waals surface area contributed by atoms with Gasteiger partial charge in [-0.25, -0.2) is 0 Å². The van der Waals surface area contributed by atoms with E-state index in [9.17, 15) is 0 Å². The Morgan fingerprint density at radius 2 is 2.27 bits per heavy atom. The summed E-state index contributed by atoms with van der Waals surface area (Å²) in [5, 5.41) is 0. The first-order valence-electron chi connectivity index (χ1n) is 5.38. The minimum absolute atomic E-state index is 0.247. The molecule has 0 amide bonds. The van der Waals surface area contributed by atoms with Gasteiger partial charge in [-0.05, 0) is 18.1 Å². The first-order chi connectivity index (χ1) is 7.31. The summed E-state index contributed by atoms with van der Waals surface area (Å²) in [5.41, 5.74) is 8.70. The molecule has 3 heteroatoms. The number of methoxy groups -OCH3 is 1. The Kier molecular flexibility index (Phi) is 3.23. The van der Waals surface area contributed by atoms with Crippen LogP contribution in [0.5, 0.6) is 0 Å². The van der Waals surface area contributed by atoms with Gasteiger partial charge in [0.15, 0.2) is 0 Å². The molecule has 0 saturated heterocycles. The van der Waals surface area contributed by atoms with E-state index in [0.717, 1.165) is 26.1 Å². The number of benzene rings is 1. The first kappa shape index (κ1) is 10.5. The van der Waals surface area contributed by atoms with E-state index >= 15 is 0 Å².